The number of morpholine rings is 1. The first-order valence-electron chi connectivity index (χ1n) is 11.5. The van der Waals surface area contributed by atoms with Gasteiger partial charge in [-0.1, -0.05) is 18.2 Å². The number of carbonyl (C=O) groups excluding carboxylic acids is 2. The smallest absolute Gasteiger partial charge is 0.287 e. The number of likely N-dealkylation sites (tertiary alicyclic amines) is 1. The van der Waals surface area contributed by atoms with E-state index < -0.39 is 0 Å². The fourth-order valence-corrected chi connectivity index (χ4v) is 4.70. The number of nitrogens with one attached hydrogen (secondary N) is 1. The highest BCUT2D eigenvalue weighted by atomic mass is 16.5. The first kappa shape index (κ1) is 20.5. The maximum absolute atomic E-state index is 12.5. The van der Waals surface area contributed by atoms with Crippen LogP contribution in [0.5, 0.6) is 0 Å². The van der Waals surface area contributed by atoms with Crippen LogP contribution >= 0.6 is 0 Å². The number of hydrogen-bond donors (Lipinski definition) is 1. The van der Waals surface area contributed by atoms with E-state index in [1.54, 1.807) is 6.07 Å². The second kappa shape index (κ2) is 9.01. The van der Waals surface area contributed by atoms with Gasteiger partial charge in [-0.05, 0) is 62.7 Å². The van der Waals surface area contributed by atoms with E-state index in [0.29, 0.717) is 30.4 Å². The van der Waals surface area contributed by atoms with Gasteiger partial charge < -0.3 is 24.3 Å². The summed E-state index contributed by atoms with van der Waals surface area (Å²) in [5.74, 6) is 1.59. The molecule has 0 spiro atoms. The summed E-state index contributed by atoms with van der Waals surface area (Å²) >= 11 is 0. The van der Waals surface area contributed by atoms with E-state index in [9.17, 15) is 9.59 Å². The van der Waals surface area contributed by atoms with Crippen molar-refractivity contribution in [3.05, 3.63) is 36.1 Å². The molecule has 7 nitrogen and oxygen atoms in total. The molecule has 3 aliphatic rings. The Morgan fingerprint density at radius 1 is 1.06 bits per heavy atom. The third-order valence-corrected chi connectivity index (χ3v) is 6.76. The zero-order chi connectivity index (χ0) is 21.2. The molecule has 0 bridgehead atoms. The van der Waals surface area contributed by atoms with Crippen LogP contribution in [0.15, 0.2) is 34.7 Å². The lowest BCUT2D eigenvalue weighted by molar-refractivity contribution is -0.149. The lowest BCUT2D eigenvalue weighted by Crippen LogP contribution is -2.52. The Morgan fingerprint density at radius 3 is 2.61 bits per heavy atom. The Morgan fingerprint density at radius 2 is 1.84 bits per heavy atom. The van der Waals surface area contributed by atoms with Gasteiger partial charge in [0.15, 0.2) is 5.76 Å². The molecule has 2 aliphatic heterocycles. The summed E-state index contributed by atoms with van der Waals surface area (Å²) in [6, 6.07) is 9.30. The fraction of sp³-hybridized carbons (Fsp3) is 0.583. The quantitative estimate of drug-likeness (QED) is 0.738. The topological polar surface area (TPSA) is 75.0 Å². The molecule has 1 saturated carbocycles. The highest BCUT2D eigenvalue weighted by molar-refractivity contribution is 5.96. The van der Waals surface area contributed by atoms with Crippen LogP contribution in [-0.4, -0.2) is 73.6 Å². The molecule has 0 unspecified atom stereocenters. The lowest BCUT2D eigenvalue weighted by atomic mass is 9.95. The molecule has 1 aromatic carbocycles. The van der Waals surface area contributed by atoms with Crippen molar-refractivity contribution in [2.24, 2.45) is 11.8 Å². The molecule has 2 amide bonds. The van der Waals surface area contributed by atoms with Crippen molar-refractivity contribution in [1.82, 2.24) is 15.1 Å². The Labute approximate surface area is 182 Å². The second-order valence-corrected chi connectivity index (χ2v) is 9.28. The molecule has 3 fully saturated rings. The summed E-state index contributed by atoms with van der Waals surface area (Å²) in [6.45, 7) is 5.34. The van der Waals surface area contributed by atoms with Crippen LogP contribution in [0.1, 0.15) is 36.2 Å². The van der Waals surface area contributed by atoms with E-state index >= 15 is 0 Å². The normalized spacial score (nSPS) is 23.4. The van der Waals surface area contributed by atoms with Crippen molar-refractivity contribution in [2.75, 3.05) is 45.9 Å². The molecule has 31 heavy (non-hydrogen) atoms. The third-order valence-electron chi connectivity index (χ3n) is 6.76. The van der Waals surface area contributed by atoms with Gasteiger partial charge in [0.05, 0.1) is 6.10 Å². The molecule has 1 aliphatic carbocycles. The number of para-hydroxylation sites is 1. The molecule has 2 aromatic rings. The number of fused-ring (bicyclic) bond motifs is 1. The van der Waals surface area contributed by atoms with Crippen LogP contribution in [0.3, 0.4) is 0 Å². The predicted octanol–water partition coefficient (Wildman–Crippen LogP) is 2.51. The van der Waals surface area contributed by atoms with Crippen molar-refractivity contribution in [3.63, 3.8) is 0 Å². The Balaban J connectivity index is 1.09. The molecule has 1 aromatic heterocycles. The summed E-state index contributed by atoms with van der Waals surface area (Å²) in [5, 5.41) is 3.80. The van der Waals surface area contributed by atoms with Crippen LogP contribution in [0.2, 0.25) is 0 Å². The van der Waals surface area contributed by atoms with Gasteiger partial charge in [-0.3, -0.25) is 9.59 Å². The van der Waals surface area contributed by atoms with Crippen LogP contribution in [0, 0.1) is 11.8 Å². The van der Waals surface area contributed by atoms with Gasteiger partial charge in [-0.15, -0.1) is 0 Å². The number of amides is 2. The lowest BCUT2D eigenvalue weighted by Gasteiger charge is -2.38. The number of piperidine rings is 1. The highest BCUT2D eigenvalue weighted by Crippen LogP contribution is 2.31. The molecule has 2 saturated heterocycles. The number of ether oxygens (including phenoxy) is 1. The first-order valence-corrected chi connectivity index (χ1v) is 11.5. The van der Waals surface area contributed by atoms with Gasteiger partial charge in [0.2, 0.25) is 5.91 Å². The summed E-state index contributed by atoms with van der Waals surface area (Å²) in [5.41, 5.74) is 0.696. The molecule has 0 radical (unpaired) electrons. The van der Waals surface area contributed by atoms with Gasteiger partial charge in [-0.2, -0.15) is 0 Å². The molecule has 3 heterocycles. The number of nitrogens with zero attached hydrogens (tertiary/aromatic N) is 2. The SMILES string of the molecule is O=C(NC[C@@H]1CN(CC2CCN(CC3CC3)CC2)C(=O)CO1)c1cc2ccccc2o1. The third kappa shape index (κ3) is 5.10. The Kier molecular flexibility index (Phi) is 5.96. The average Bonchev–Trinajstić information content (AvgIpc) is 3.49. The van der Waals surface area contributed by atoms with Gasteiger partial charge in [0.1, 0.15) is 12.2 Å². The molecule has 1 N–H and O–H groups in total. The van der Waals surface area contributed by atoms with Gasteiger partial charge >= 0.3 is 0 Å². The zero-order valence-corrected chi connectivity index (χ0v) is 17.9. The van der Waals surface area contributed by atoms with E-state index in [2.05, 4.69) is 10.2 Å². The average molecular weight is 426 g/mol. The number of carbonyl (C=O) groups is 2. The monoisotopic (exact) mass is 425 g/mol. The zero-order valence-electron chi connectivity index (χ0n) is 17.9. The summed E-state index contributed by atoms with van der Waals surface area (Å²) in [7, 11) is 0. The van der Waals surface area contributed by atoms with Crippen molar-refractivity contribution in [1.29, 1.82) is 0 Å². The maximum atomic E-state index is 12.5. The van der Waals surface area contributed by atoms with Gasteiger partial charge in [0, 0.05) is 31.6 Å². The highest BCUT2D eigenvalue weighted by Gasteiger charge is 2.31. The van der Waals surface area contributed by atoms with Crippen LogP contribution in [0.4, 0.5) is 0 Å². The fourth-order valence-electron chi connectivity index (χ4n) is 4.70. The molecule has 7 heteroatoms. The van der Waals surface area contributed by atoms with E-state index in [-0.39, 0.29) is 24.5 Å². The van der Waals surface area contributed by atoms with Crippen molar-refractivity contribution in [3.8, 4) is 0 Å². The number of rotatable bonds is 7. The minimum Gasteiger partial charge on any atom is -0.451 e. The summed E-state index contributed by atoms with van der Waals surface area (Å²) in [4.78, 5) is 29.4. The van der Waals surface area contributed by atoms with E-state index in [0.717, 1.165) is 43.8 Å². The van der Waals surface area contributed by atoms with Gasteiger partial charge in [-0.25, -0.2) is 0 Å². The first-order chi connectivity index (χ1) is 15.1. The van der Waals surface area contributed by atoms with E-state index in [1.165, 1.54) is 19.4 Å². The molecule has 5 rings (SSSR count). The standard InChI is InChI=1S/C24H31N3O4/c28-23-16-30-20(12-25-24(29)22-11-19-3-1-2-4-21(19)31-22)15-27(23)14-18-7-9-26(10-8-18)13-17-5-6-17/h1-4,11,17-18,20H,5-10,12-16H2,(H,25,29)/t20-/m1/s1. The predicted molar refractivity (Wildman–Crippen MR) is 117 cm³/mol. The van der Waals surface area contributed by atoms with Crippen molar-refractivity contribution >= 4 is 22.8 Å². The Hall–Kier alpha value is -2.38. The van der Waals surface area contributed by atoms with Crippen LogP contribution in [-0.2, 0) is 9.53 Å². The van der Waals surface area contributed by atoms with Crippen LogP contribution in [0.25, 0.3) is 11.0 Å². The summed E-state index contributed by atoms with van der Waals surface area (Å²) < 4.78 is 11.3. The molecular formula is C24H31N3O4. The van der Waals surface area contributed by atoms with E-state index in [1.807, 2.05) is 29.2 Å². The molecular weight excluding hydrogens is 394 g/mol. The Bertz CT molecular complexity index is 897. The molecule has 166 valence electrons. The number of furan rings is 1. The van der Waals surface area contributed by atoms with Crippen molar-refractivity contribution < 1.29 is 18.7 Å². The summed E-state index contributed by atoms with van der Waals surface area (Å²) in [6.07, 6.45) is 4.92. The molecule has 1 atom stereocenters. The minimum atomic E-state index is -0.258. The number of hydrogen-bond acceptors (Lipinski definition) is 5. The minimum absolute atomic E-state index is 0.0558. The second-order valence-electron chi connectivity index (χ2n) is 9.28. The number of benzene rings is 1. The maximum Gasteiger partial charge on any atom is 0.287 e. The largest absolute Gasteiger partial charge is 0.451 e. The van der Waals surface area contributed by atoms with Gasteiger partial charge in [0.25, 0.3) is 5.91 Å². The van der Waals surface area contributed by atoms with Crippen molar-refractivity contribution in [2.45, 2.75) is 31.8 Å². The van der Waals surface area contributed by atoms with E-state index in [4.69, 9.17) is 9.15 Å². The van der Waals surface area contributed by atoms with Crippen LogP contribution < -0.4 is 5.32 Å².